The molecule has 1 amide bonds. The lowest BCUT2D eigenvalue weighted by Gasteiger charge is -2.04. The van der Waals surface area contributed by atoms with E-state index in [1.165, 1.54) is 25.5 Å². The van der Waals surface area contributed by atoms with E-state index in [9.17, 15) is 4.79 Å². The molecule has 0 atom stereocenters. The van der Waals surface area contributed by atoms with Crippen LogP contribution in [-0.4, -0.2) is 19.2 Å². The number of rotatable bonds is 4. The number of amides is 1. The van der Waals surface area contributed by atoms with Crippen molar-refractivity contribution in [1.82, 2.24) is 5.43 Å². The lowest BCUT2D eigenvalue weighted by Crippen LogP contribution is -2.18. The SMILES string of the molecule is COc1ccc(/C=N\NC(=O)c2ccc(Cl)cc2Cl)cc1Cl. The van der Waals surface area contributed by atoms with Crippen LogP contribution in [0.25, 0.3) is 0 Å². The van der Waals surface area contributed by atoms with E-state index in [1.807, 2.05) is 0 Å². The Bertz CT molecular complexity index is 733. The molecule has 22 heavy (non-hydrogen) atoms. The molecule has 0 aliphatic carbocycles. The van der Waals surface area contributed by atoms with Crippen molar-refractivity contribution < 1.29 is 9.53 Å². The van der Waals surface area contributed by atoms with Crippen LogP contribution >= 0.6 is 34.8 Å². The molecule has 7 heteroatoms. The zero-order valence-corrected chi connectivity index (χ0v) is 13.7. The van der Waals surface area contributed by atoms with Crippen LogP contribution < -0.4 is 10.2 Å². The molecule has 0 spiro atoms. The summed E-state index contributed by atoms with van der Waals surface area (Å²) in [5.74, 6) is 0.133. The number of nitrogens with one attached hydrogen (secondary N) is 1. The molecule has 0 bridgehead atoms. The van der Waals surface area contributed by atoms with Gasteiger partial charge >= 0.3 is 0 Å². The van der Waals surface area contributed by atoms with Gasteiger partial charge < -0.3 is 4.74 Å². The zero-order valence-electron chi connectivity index (χ0n) is 11.4. The predicted octanol–water partition coefficient (Wildman–Crippen LogP) is 4.42. The molecule has 0 aliphatic heterocycles. The normalized spacial score (nSPS) is 10.7. The van der Waals surface area contributed by atoms with Crippen LogP contribution in [0.1, 0.15) is 15.9 Å². The Morgan fingerprint density at radius 1 is 1.14 bits per heavy atom. The van der Waals surface area contributed by atoms with Crippen molar-refractivity contribution in [3.63, 3.8) is 0 Å². The highest BCUT2D eigenvalue weighted by Gasteiger charge is 2.09. The summed E-state index contributed by atoms with van der Waals surface area (Å²) in [5.41, 5.74) is 3.39. The summed E-state index contributed by atoms with van der Waals surface area (Å²) >= 11 is 17.7. The molecule has 0 heterocycles. The molecule has 0 unspecified atom stereocenters. The maximum atomic E-state index is 11.9. The molecule has 2 aromatic carbocycles. The van der Waals surface area contributed by atoms with Crippen LogP contribution in [0.15, 0.2) is 41.5 Å². The summed E-state index contributed by atoms with van der Waals surface area (Å²) in [6.07, 6.45) is 1.47. The summed E-state index contributed by atoms with van der Waals surface area (Å²) < 4.78 is 5.05. The summed E-state index contributed by atoms with van der Waals surface area (Å²) in [6.45, 7) is 0. The lowest BCUT2D eigenvalue weighted by atomic mass is 10.2. The highest BCUT2D eigenvalue weighted by Crippen LogP contribution is 2.24. The van der Waals surface area contributed by atoms with E-state index in [0.717, 1.165) is 0 Å². The summed E-state index contributed by atoms with van der Waals surface area (Å²) in [4.78, 5) is 11.9. The van der Waals surface area contributed by atoms with Crippen molar-refractivity contribution in [3.05, 3.63) is 62.6 Å². The second kappa shape index (κ2) is 7.49. The fraction of sp³-hybridized carbons (Fsp3) is 0.0667. The molecule has 114 valence electrons. The molecular formula is C15H11Cl3N2O2. The summed E-state index contributed by atoms with van der Waals surface area (Å²) in [5, 5.41) is 5.03. The Morgan fingerprint density at radius 2 is 1.91 bits per heavy atom. The average molecular weight is 358 g/mol. The molecule has 2 rings (SSSR count). The van der Waals surface area contributed by atoms with Gasteiger partial charge in [-0.05, 0) is 42.0 Å². The van der Waals surface area contributed by atoms with Gasteiger partial charge in [0.15, 0.2) is 0 Å². The van der Waals surface area contributed by atoms with Crippen molar-refractivity contribution >= 4 is 46.9 Å². The van der Waals surface area contributed by atoms with E-state index in [1.54, 1.807) is 24.3 Å². The number of halogens is 3. The Hall–Kier alpha value is -1.75. The molecule has 0 aromatic heterocycles. The molecular weight excluding hydrogens is 347 g/mol. The predicted molar refractivity (Wildman–Crippen MR) is 89.5 cm³/mol. The fourth-order valence-corrected chi connectivity index (χ4v) is 2.42. The van der Waals surface area contributed by atoms with Gasteiger partial charge in [-0.25, -0.2) is 5.43 Å². The third-order valence-corrected chi connectivity index (χ3v) is 3.57. The topological polar surface area (TPSA) is 50.7 Å². The maximum absolute atomic E-state index is 11.9. The van der Waals surface area contributed by atoms with E-state index in [0.29, 0.717) is 21.4 Å². The van der Waals surface area contributed by atoms with Crippen LogP contribution in [0, 0.1) is 0 Å². The zero-order chi connectivity index (χ0) is 16.1. The van der Waals surface area contributed by atoms with Gasteiger partial charge in [-0.1, -0.05) is 34.8 Å². The minimum Gasteiger partial charge on any atom is -0.495 e. The van der Waals surface area contributed by atoms with Gasteiger partial charge in [0.25, 0.3) is 5.91 Å². The van der Waals surface area contributed by atoms with Crippen LogP contribution in [-0.2, 0) is 0 Å². The molecule has 0 radical (unpaired) electrons. The van der Waals surface area contributed by atoms with Crippen molar-refractivity contribution in [2.45, 2.75) is 0 Å². The lowest BCUT2D eigenvalue weighted by molar-refractivity contribution is 0.0955. The molecule has 2 aromatic rings. The first-order chi connectivity index (χ1) is 10.5. The number of nitrogens with zero attached hydrogens (tertiary/aromatic N) is 1. The highest BCUT2D eigenvalue weighted by atomic mass is 35.5. The minimum atomic E-state index is -0.433. The maximum Gasteiger partial charge on any atom is 0.272 e. The Labute approximate surface area is 142 Å². The van der Waals surface area contributed by atoms with E-state index < -0.39 is 5.91 Å². The van der Waals surface area contributed by atoms with Gasteiger partial charge in [-0.15, -0.1) is 0 Å². The van der Waals surface area contributed by atoms with E-state index in [2.05, 4.69) is 10.5 Å². The van der Waals surface area contributed by atoms with Gasteiger partial charge in [-0.3, -0.25) is 4.79 Å². The third kappa shape index (κ3) is 4.13. The number of hydrazone groups is 1. The van der Waals surface area contributed by atoms with Crippen molar-refractivity contribution in [3.8, 4) is 5.75 Å². The Kier molecular flexibility index (Phi) is 5.66. The quantitative estimate of drug-likeness (QED) is 0.650. The van der Waals surface area contributed by atoms with Gasteiger partial charge in [0, 0.05) is 5.02 Å². The number of benzene rings is 2. The van der Waals surface area contributed by atoms with E-state index in [-0.39, 0.29) is 10.6 Å². The van der Waals surface area contributed by atoms with E-state index >= 15 is 0 Å². The molecule has 0 aliphatic rings. The van der Waals surface area contributed by atoms with Gasteiger partial charge in [0.05, 0.1) is 28.9 Å². The fourth-order valence-electron chi connectivity index (χ4n) is 1.66. The number of hydrogen-bond acceptors (Lipinski definition) is 3. The second-order valence-corrected chi connectivity index (χ2v) is 5.47. The number of methoxy groups -OCH3 is 1. The Balaban J connectivity index is 2.05. The first-order valence-electron chi connectivity index (χ1n) is 6.13. The van der Waals surface area contributed by atoms with Gasteiger partial charge in [0.2, 0.25) is 0 Å². The minimum absolute atomic E-state index is 0.257. The molecule has 0 saturated heterocycles. The third-order valence-electron chi connectivity index (χ3n) is 2.73. The highest BCUT2D eigenvalue weighted by molar-refractivity contribution is 6.36. The van der Waals surface area contributed by atoms with Crippen molar-refractivity contribution in [1.29, 1.82) is 0 Å². The first-order valence-corrected chi connectivity index (χ1v) is 7.26. The smallest absolute Gasteiger partial charge is 0.272 e. The second-order valence-electron chi connectivity index (χ2n) is 4.22. The number of hydrogen-bond donors (Lipinski definition) is 1. The summed E-state index contributed by atoms with van der Waals surface area (Å²) in [7, 11) is 1.53. The van der Waals surface area contributed by atoms with Crippen LogP contribution in [0.5, 0.6) is 5.75 Å². The Morgan fingerprint density at radius 3 is 2.55 bits per heavy atom. The van der Waals surface area contributed by atoms with Crippen LogP contribution in [0.2, 0.25) is 15.1 Å². The monoisotopic (exact) mass is 356 g/mol. The van der Waals surface area contributed by atoms with Crippen molar-refractivity contribution in [2.24, 2.45) is 5.10 Å². The largest absolute Gasteiger partial charge is 0.495 e. The van der Waals surface area contributed by atoms with Crippen molar-refractivity contribution in [2.75, 3.05) is 7.11 Å². The standard InChI is InChI=1S/C15H11Cl3N2O2/c1-22-14-5-2-9(6-13(14)18)8-19-20-15(21)11-4-3-10(16)7-12(11)17/h2-8H,1H3,(H,20,21)/b19-8-. The van der Waals surface area contributed by atoms with E-state index in [4.69, 9.17) is 39.5 Å². The molecule has 1 N–H and O–H groups in total. The molecule has 0 saturated carbocycles. The summed E-state index contributed by atoms with van der Waals surface area (Å²) in [6, 6.07) is 9.74. The molecule has 0 fully saturated rings. The van der Waals surface area contributed by atoms with Gasteiger partial charge in [0.1, 0.15) is 5.75 Å². The van der Waals surface area contributed by atoms with Crippen LogP contribution in [0.4, 0.5) is 0 Å². The number of carbonyl (C=O) groups is 1. The van der Waals surface area contributed by atoms with Crippen LogP contribution in [0.3, 0.4) is 0 Å². The number of ether oxygens (including phenoxy) is 1. The first kappa shape index (κ1) is 16.6. The number of carbonyl (C=O) groups excluding carboxylic acids is 1. The van der Waals surface area contributed by atoms with Gasteiger partial charge in [-0.2, -0.15) is 5.10 Å². The molecule has 4 nitrogen and oxygen atoms in total. The average Bonchev–Trinajstić information content (AvgIpc) is 2.47.